The number of hydrogen-bond donors (Lipinski definition) is 0. The second-order valence-electron chi connectivity index (χ2n) is 4.43. The molecule has 112 valence electrons. The highest BCUT2D eigenvalue weighted by Gasteiger charge is 2.07. The molecule has 2 aromatic carbocycles. The van der Waals surface area contributed by atoms with Crippen LogP contribution in [0.2, 0.25) is 0 Å². The van der Waals surface area contributed by atoms with Crippen LogP contribution in [0.4, 0.5) is 8.78 Å². The van der Waals surface area contributed by atoms with Crippen LogP contribution in [-0.4, -0.2) is 11.6 Å². The van der Waals surface area contributed by atoms with Gasteiger partial charge in [0.1, 0.15) is 10.8 Å². The number of para-hydroxylation sites is 1. The van der Waals surface area contributed by atoms with Crippen LogP contribution in [0.25, 0.3) is 21.3 Å². The van der Waals surface area contributed by atoms with Crippen molar-refractivity contribution in [1.29, 1.82) is 0 Å². The zero-order valence-electron chi connectivity index (χ0n) is 11.2. The van der Waals surface area contributed by atoms with E-state index in [9.17, 15) is 8.78 Å². The van der Waals surface area contributed by atoms with Gasteiger partial charge in [-0.2, -0.15) is 8.78 Å². The van der Waals surface area contributed by atoms with Gasteiger partial charge < -0.3 is 4.74 Å². The minimum absolute atomic E-state index is 0.114. The number of benzene rings is 2. The summed E-state index contributed by atoms with van der Waals surface area (Å²) < 4.78 is 29.5. The molecule has 0 N–H and O–H groups in total. The van der Waals surface area contributed by atoms with E-state index in [4.69, 9.17) is 11.6 Å². The molecular formula is C16H10ClF2NOS. The minimum Gasteiger partial charge on any atom is -0.435 e. The van der Waals surface area contributed by atoms with Crippen LogP contribution < -0.4 is 4.74 Å². The number of alkyl halides is 2. The third-order valence-electron chi connectivity index (χ3n) is 2.90. The first-order chi connectivity index (χ1) is 10.6. The molecular weight excluding hydrogens is 328 g/mol. The summed E-state index contributed by atoms with van der Waals surface area (Å²) in [5.74, 6) is 0.114. The molecule has 0 spiro atoms. The van der Waals surface area contributed by atoms with E-state index < -0.39 is 6.61 Å². The quantitative estimate of drug-likeness (QED) is 0.615. The monoisotopic (exact) mass is 337 g/mol. The van der Waals surface area contributed by atoms with Gasteiger partial charge in [0, 0.05) is 0 Å². The van der Waals surface area contributed by atoms with E-state index in [2.05, 4.69) is 9.72 Å². The number of aromatic nitrogens is 1. The smallest absolute Gasteiger partial charge is 0.387 e. The maximum absolute atomic E-state index is 12.1. The maximum atomic E-state index is 12.1. The standard InChI is InChI=1S/C16H10ClF2NOS/c17-12(15-20-13-3-1-2-4-14(13)22-15)9-10-5-7-11(8-6-10)21-16(18)19/h1-9,16H/b12-9-. The average Bonchev–Trinajstić information content (AvgIpc) is 2.93. The Kier molecular flexibility index (Phi) is 4.36. The summed E-state index contributed by atoms with van der Waals surface area (Å²) in [6.07, 6.45) is 1.74. The topological polar surface area (TPSA) is 22.1 Å². The number of hydrogen-bond acceptors (Lipinski definition) is 3. The van der Waals surface area contributed by atoms with E-state index >= 15 is 0 Å². The summed E-state index contributed by atoms with van der Waals surface area (Å²) in [7, 11) is 0. The van der Waals surface area contributed by atoms with Crippen LogP contribution in [0.1, 0.15) is 10.6 Å². The molecule has 0 bridgehead atoms. The summed E-state index contributed by atoms with van der Waals surface area (Å²) in [5.41, 5.74) is 1.68. The molecule has 22 heavy (non-hydrogen) atoms. The molecule has 0 fully saturated rings. The zero-order valence-corrected chi connectivity index (χ0v) is 12.7. The number of ether oxygens (including phenoxy) is 1. The van der Waals surface area contributed by atoms with Crippen molar-refractivity contribution in [3.8, 4) is 5.75 Å². The van der Waals surface area contributed by atoms with Gasteiger partial charge in [0.05, 0.1) is 15.2 Å². The molecule has 0 saturated heterocycles. The summed E-state index contributed by atoms with van der Waals surface area (Å²) >= 11 is 7.80. The van der Waals surface area contributed by atoms with Crippen LogP contribution >= 0.6 is 22.9 Å². The Morgan fingerprint density at radius 3 is 2.55 bits per heavy atom. The molecule has 0 atom stereocenters. The largest absolute Gasteiger partial charge is 0.435 e. The Labute approximate surface area is 134 Å². The van der Waals surface area contributed by atoms with Crippen LogP contribution in [0.15, 0.2) is 48.5 Å². The normalized spacial score (nSPS) is 12.1. The molecule has 0 aliphatic carbocycles. The molecule has 3 aromatic rings. The molecule has 1 heterocycles. The lowest BCUT2D eigenvalue weighted by Gasteiger charge is -2.04. The second-order valence-corrected chi connectivity index (χ2v) is 5.86. The summed E-state index contributed by atoms with van der Waals surface area (Å²) in [6, 6.07) is 14.0. The molecule has 0 aliphatic rings. The molecule has 0 radical (unpaired) electrons. The van der Waals surface area contributed by atoms with E-state index in [0.29, 0.717) is 5.03 Å². The number of thiazole rings is 1. The first-order valence-electron chi connectivity index (χ1n) is 6.40. The van der Waals surface area contributed by atoms with E-state index in [0.717, 1.165) is 20.8 Å². The van der Waals surface area contributed by atoms with E-state index in [1.54, 1.807) is 18.2 Å². The highest BCUT2D eigenvalue weighted by molar-refractivity contribution is 7.20. The van der Waals surface area contributed by atoms with Crippen LogP contribution in [-0.2, 0) is 0 Å². The number of nitrogens with zero attached hydrogens (tertiary/aromatic N) is 1. The minimum atomic E-state index is -2.83. The van der Waals surface area contributed by atoms with Crippen molar-refractivity contribution in [3.63, 3.8) is 0 Å². The van der Waals surface area contributed by atoms with Crippen molar-refractivity contribution < 1.29 is 13.5 Å². The van der Waals surface area contributed by atoms with E-state index in [-0.39, 0.29) is 5.75 Å². The van der Waals surface area contributed by atoms with Crippen molar-refractivity contribution in [2.45, 2.75) is 6.61 Å². The Bertz CT molecular complexity index is 781. The molecule has 0 unspecified atom stereocenters. The molecule has 0 aliphatic heterocycles. The Morgan fingerprint density at radius 2 is 1.86 bits per heavy atom. The van der Waals surface area contributed by atoms with Gasteiger partial charge in [0.15, 0.2) is 0 Å². The Hall–Kier alpha value is -1.98. The summed E-state index contributed by atoms with van der Waals surface area (Å²) in [5, 5.41) is 1.22. The Balaban J connectivity index is 1.84. The van der Waals surface area contributed by atoms with Crippen molar-refractivity contribution in [2.75, 3.05) is 0 Å². The first kappa shape index (κ1) is 14.9. The maximum Gasteiger partial charge on any atom is 0.387 e. The average molecular weight is 338 g/mol. The number of rotatable bonds is 4. The molecule has 3 rings (SSSR count). The lowest BCUT2D eigenvalue weighted by atomic mass is 10.2. The van der Waals surface area contributed by atoms with E-state index in [1.807, 2.05) is 24.3 Å². The van der Waals surface area contributed by atoms with Gasteiger partial charge in [0.2, 0.25) is 0 Å². The van der Waals surface area contributed by atoms with Gasteiger partial charge in [-0.15, -0.1) is 11.3 Å². The van der Waals surface area contributed by atoms with Crippen LogP contribution in [0, 0.1) is 0 Å². The predicted molar refractivity (Wildman–Crippen MR) is 86.4 cm³/mol. The second kappa shape index (κ2) is 6.42. The van der Waals surface area contributed by atoms with Crippen molar-refractivity contribution in [3.05, 3.63) is 59.1 Å². The number of halogens is 3. The highest BCUT2D eigenvalue weighted by atomic mass is 35.5. The lowest BCUT2D eigenvalue weighted by molar-refractivity contribution is -0.0498. The molecule has 1 aromatic heterocycles. The number of fused-ring (bicyclic) bond motifs is 1. The van der Waals surface area contributed by atoms with Gasteiger partial charge >= 0.3 is 6.61 Å². The van der Waals surface area contributed by atoms with Gasteiger partial charge in [-0.3, -0.25) is 0 Å². The SMILES string of the molecule is FC(F)Oc1ccc(/C=C(\Cl)c2nc3ccccc3s2)cc1. The van der Waals surface area contributed by atoms with Gasteiger partial charge in [-0.25, -0.2) is 4.98 Å². The van der Waals surface area contributed by atoms with Crippen molar-refractivity contribution in [1.82, 2.24) is 4.98 Å². The Morgan fingerprint density at radius 1 is 1.14 bits per heavy atom. The predicted octanol–water partition coefficient (Wildman–Crippen LogP) is 5.63. The van der Waals surface area contributed by atoms with Gasteiger partial charge in [-0.1, -0.05) is 35.9 Å². The molecule has 0 saturated carbocycles. The third-order valence-corrected chi connectivity index (χ3v) is 4.37. The molecule has 0 amide bonds. The molecule has 6 heteroatoms. The lowest BCUT2D eigenvalue weighted by Crippen LogP contribution is -2.01. The summed E-state index contributed by atoms with van der Waals surface area (Å²) in [4.78, 5) is 4.46. The zero-order chi connectivity index (χ0) is 15.5. The van der Waals surface area contributed by atoms with E-state index in [1.165, 1.54) is 23.5 Å². The first-order valence-corrected chi connectivity index (χ1v) is 7.59. The fourth-order valence-electron chi connectivity index (χ4n) is 1.93. The third kappa shape index (κ3) is 3.43. The van der Waals surface area contributed by atoms with Crippen LogP contribution in [0.5, 0.6) is 5.75 Å². The van der Waals surface area contributed by atoms with Crippen LogP contribution in [0.3, 0.4) is 0 Å². The van der Waals surface area contributed by atoms with Gasteiger partial charge in [-0.05, 0) is 35.9 Å². The highest BCUT2D eigenvalue weighted by Crippen LogP contribution is 2.30. The fraction of sp³-hybridized carbons (Fsp3) is 0.0625. The van der Waals surface area contributed by atoms with Gasteiger partial charge in [0.25, 0.3) is 0 Å². The fourth-order valence-corrected chi connectivity index (χ4v) is 3.09. The summed E-state index contributed by atoms with van der Waals surface area (Å²) in [6.45, 7) is -2.83. The molecule has 2 nitrogen and oxygen atoms in total. The van der Waals surface area contributed by atoms with Crippen molar-refractivity contribution >= 4 is 44.3 Å². The van der Waals surface area contributed by atoms with Crippen molar-refractivity contribution in [2.24, 2.45) is 0 Å².